The van der Waals surface area contributed by atoms with Gasteiger partial charge in [0.1, 0.15) is 12.4 Å². The molecule has 0 spiro atoms. The normalized spacial score (nSPS) is 10.1. The fourth-order valence-corrected chi connectivity index (χ4v) is 1.98. The number of rotatable bonds is 4. The zero-order valence-corrected chi connectivity index (χ0v) is 11.6. The number of aryl methyl sites for hydroxylation is 1. The highest BCUT2D eigenvalue weighted by Gasteiger charge is 2.03. The number of aldehydes is 1. The zero-order valence-electron chi connectivity index (χ0n) is 10.0. The van der Waals surface area contributed by atoms with Gasteiger partial charge in [0, 0.05) is 10.0 Å². The lowest BCUT2D eigenvalue weighted by Gasteiger charge is -2.09. The van der Waals surface area contributed by atoms with E-state index in [0.29, 0.717) is 17.9 Å². The summed E-state index contributed by atoms with van der Waals surface area (Å²) in [5.41, 5.74) is 2.94. The number of benzene rings is 2. The monoisotopic (exact) mass is 304 g/mol. The van der Waals surface area contributed by atoms with Crippen LogP contribution in [0.4, 0.5) is 0 Å². The fraction of sp³-hybridized carbons (Fsp3) is 0.133. The number of ether oxygens (including phenoxy) is 1. The van der Waals surface area contributed by atoms with E-state index < -0.39 is 0 Å². The Morgan fingerprint density at radius 1 is 1.22 bits per heavy atom. The van der Waals surface area contributed by atoms with E-state index in [1.165, 1.54) is 5.56 Å². The van der Waals surface area contributed by atoms with E-state index in [9.17, 15) is 4.79 Å². The molecule has 0 heterocycles. The predicted octanol–water partition coefficient (Wildman–Crippen LogP) is 4.15. The van der Waals surface area contributed by atoms with Gasteiger partial charge in [-0.15, -0.1) is 0 Å². The molecule has 2 aromatic rings. The van der Waals surface area contributed by atoms with Crippen LogP contribution in [0.5, 0.6) is 5.75 Å². The van der Waals surface area contributed by atoms with E-state index in [1.807, 2.05) is 30.3 Å². The van der Waals surface area contributed by atoms with Crippen molar-refractivity contribution in [3.63, 3.8) is 0 Å². The Hall–Kier alpha value is -1.61. The third-order valence-corrected chi connectivity index (χ3v) is 3.47. The first-order chi connectivity index (χ1) is 8.70. The van der Waals surface area contributed by atoms with Gasteiger partial charge < -0.3 is 4.74 Å². The number of carbonyl (C=O) groups excluding carboxylic acids is 1. The van der Waals surface area contributed by atoms with Crippen LogP contribution in [0.15, 0.2) is 46.9 Å². The highest BCUT2D eigenvalue weighted by Crippen LogP contribution is 2.22. The molecule has 0 unspecified atom stereocenters. The van der Waals surface area contributed by atoms with Gasteiger partial charge in [0.15, 0.2) is 6.29 Å². The van der Waals surface area contributed by atoms with Crippen molar-refractivity contribution >= 4 is 22.2 Å². The molecule has 0 saturated carbocycles. The maximum absolute atomic E-state index is 10.8. The van der Waals surface area contributed by atoms with Crippen molar-refractivity contribution in [2.24, 2.45) is 0 Å². The topological polar surface area (TPSA) is 26.3 Å². The Kier molecular flexibility index (Phi) is 4.15. The second-order valence-corrected chi connectivity index (χ2v) is 4.87. The molecule has 2 nitrogen and oxygen atoms in total. The van der Waals surface area contributed by atoms with Crippen molar-refractivity contribution in [3.8, 4) is 5.75 Å². The van der Waals surface area contributed by atoms with Crippen LogP contribution in [-0.4, -0.2) is 6.29 Å². The lowest BCUT2D eigenvalue weighted by molar-refractivity contribution is 0.112. The largest absolute Gasteiger partial charge is 0.489 e. The number of halogens is 1. The minimum atomic E-state index is 0.507. The van der Waals surface area contributed by atoms with Crippen molar-refractivity contribution < 1.29 is 9.53 Å². The Morgan fingerprint density at radius 3 is 2.72 bits per heavy atom. The van der Waals surface area contributed by atoms with Crippen LogP contribution in [0, 0.1) is 6.92 Å². The Morgan fingerprint density at radius 2 is 2.00 bits per heavy atom. The second kappa shape index (κ2) is 5.83. The van der Waals surface area contributed by atoms with Crippen LogP contribution in [0.3, 0.4) is 0 Å². The van der Waals surface area contributed by atoms with E-state index in [1.54, 1.807) is 6.07 Å². The lowest BCUT2D eigenvalue weighted by atomic mass is 10.1. The molecular weight excluding hydrogens is 292 g/mol. The van der Waals surface area contributed by atoms with Crippen molar-refractivity contribution in [3.05, 3.63) is 63.6 Å². The van der Waals surface area contributed by atoms with Crippen molar-refractivity contribution in [2.75, 3.05) is 0 Å². The lowest BCUT2D eigenvalue weighted by Crippen LogP contribution is -1.98. The molecule has 0 N–H and O–H groups in total. The number of hydrogen-bond acceptors (Lipinski definition) is 2. The summed E-state index contributed by atoms with van der Waals surface area (Å²) < 4.78 is 6.47. The van der Waals surface area contributed by atoms with Gasteiger partial charge in [0.2, 0.25) is 0 Å². The van der Waals surface area contributed by atoms with Crippen LogP contribution in [0.25, 0.3) is 0 Å². The summed E-state index contributed by atoms with van der Waals surface area (Å²) in [5, 5.41) is 0. The summed E-state index contributed by atoms with van der Waals surface area (Å²) in [7, 11) is 0. The van der Waals surface area contributed by atoms with Crippen LogP contribution in [0.1, 0.15) is 21.5 Å². The maximum Gasteiger partial charge on any atom is 0.151 e. The van der Waals surface area contributed by atoms with Crippen LogP contribution in [0.2, 0.25) is 0 Å². The summed E-state index contributed by atoms with van der Waals surface area (Å²) in [6, 6.07) is 13.5. The first kappa shape index (κ1) is 12.8. The first-order valence-electron chi connectivity index (χ1n) is 5.63. The van der Waals surface area contributed by atoms with Crippen LogP contribution in [-0.2, 0) is 6.61 Å². The van der Waals surface area contributed by atoms with E-state index in [0.717, 1.165) is 16.3 Å². The minimum absolute atomic E-state index is 0.507. The van der Waals surface area contributed by atoms with E-state index in [4.69, 9.17) is 4.74 Å². The van der Waals surface area contributed by atoms with Gasteiger partial charge in [-0.2, -0.15) is 0 Å². The van der Waals surface area contributed by atoms with Gasteiger partial charge in [-0.3, -0.25) is 4.79 Å². The molecule has 0 radical (unpaired) electrons. The SMILES string of the molecule is Cc1ccccc1COc1ccc(Br)c(C=O)c1. The summed E-state index contributed by atoms with van der Waals surface area (Å²) in [4.78, 5) is 10.8. The van der Waals surface area contributed by atoms with Gasteiger partial charge in [-0.1, -0.05) is 40.2 Å². The van der Waals surface area contributed by atoms with Gasteiger partial charge in [-0.05, 0) is 36.2 Å². The van der Waals surface area contributed by atoms with Crippen molar-refractivity contribution in [2.45, 2.75) is 13.5 Å². The highest BCUT2D eigenvalue weighted by molar-refractivity contribution is 9.10. The minimum Gasteiger partial charge on any atom is -0.489 e. The molecule has 0 fully saturated rings. The summed E-state index contributed by atoms with van der Waals surface area (Å²) >= 11 is 3.31. The third kappa shape index (κ3) is 2.99. The molecule has 0 aliphatic carbocycles. The van der Waals surface area contributed by atoms with E-state index in [-0.39, 0.29) is 0 Å². The molecular formula is C15H13BrO2. The van der Waals surface area contributed by atoms with E-state index >= 15 is 0 Å². The Bertz CT molecular complexity index is 564. The van der Waals surface area contributed by atoms with Gasteiger partial charge in [-0.25, -0.2) is 0 Å². The van der Waals surface area contributed by atoms with Crippen LogP contribution >= 0.6 is 15.9 Å². The molecule has 0 aliphatic rings. The third-order valence-electron chi connectivity index (χ3n) is 2.75. The van der Waals surface area contributed by atoms with Gasteiger partial charge in [0.05, 0.1) is 0 Å². The second-order valence-electron chi connectivity index (χ2n) is 4.02. The standard InChI is InChI=1S/C15H13BrO2/c1-11-4-2-3-5-12(11)10-18-14-6-7-15(16)13(8-14)9-17/h2-9H,10H2,1H3. The molecule has 0 bridgehead atoms. The quantitative estimate of drug-likeness (QED) is 0.793. The molecule has 92 valence electrons. The summed E-state index contributed by atoms with van der Waals surface area (Å²) in [6.45, 7) is 2.56. The average Bonchev–Trinajstić information content (AvgIpc) is 2.39. The summed E-state index contributed by atoms with van der Waals surface area (Å²) in [6.07, 6.45) is 0.810. The molecule has 2 rings (SSSR count). The molecule has 0 aromatic heterocycles. The molecule has 0 atom stereocenters. The van der Waals surface area contributed by atoms with E-state index in [2.05, 4.69) is 28.9 Å². The smallest absolute Gasteiger partial charge is 0.151 e. The first-order valence-corrected chi connectivity index (χ1v) is 6.42. The van der Waals surface area contributed by atoms with Crippen molar-refractivity contribution in [1.82, 2.24) is 0 Å². The molecule has 2 aromatic carbocycles. The molecule has 0 amide bonds. The zero-order chi connectivity index (χ0) is 13.0. The Labute approximate surface area is 115 Å². The maximum atomic E-state index is 10.8. The molecule has 3 heteroatoms. The molecule has 0 aliphatic heterocycles. The summed E-state index contributed by atoms with van der Waals surface area (Å²) in [5.74, 6) is 0.698. The predicted molar refractivity (Wildman–Crippen MR) is 75.0 cm³/mol. The highest BCUT2D eigenvalue weighted by atomic mass is 79.9. The van der Waals surface area contributed by atoms with Gasteiger partial charge in [0.25, 0.3) is 0 Å². The molecule has 0 saturated heterocycles. The fourth-order valence-electron chi connectivity index (χ4n) is 1.64. The molecule has 18 heavy (non-hydrogen) atoms. The Balaban J connectivity index is 2.11. The van der Waals surface area contributed by atoms with Gasteiger partial charge >= 0.3 is 0 Å². The average molecular weight is 305 g/mol. The number of carbonyl (C=O) groups is 1. The van der Waals surface area contributed by atoms with Crippen LogP contribution < -0.4 is 4.74 Å². The number of hydrogen-bond donors (Lipinski definition) is 0. The van der Waals surface area contributed by atoms with Crippen molar-refractivity contribution in [1.29, 1.82) is 0 Å².